The molecule has 0 saturated carbocycles. The number of nitrogens with two attached hydrogens (primary N) is 1. The van der Waals surface area contributed by atoms with Gasteiger partial charge in [-0.3, -0.25) is 0 Å². The van der Waals surface area contributed by atoms with Crippen molar-refractivity contribution in [3.05, 3.63) is 29.6 Å². The van der Waals surface area contributed by atoms with Gasteiger partial charge in [0.05, 0.1) is 7.11 Å². The Bertz CT molecular complexity index is 333. The van der Waals surface area contributed by atoms with E-state index < -0.39 is 0 Å². The second-order valence-electron chi connectivity index (χ2n) is 3.81. The van der Waals surface area contributed by atoms with E-state index >= 15 is 0 Å². The lowest BCUT2D eigenvalue weighted by molar-refractivity contribution is 0.410. The van der Waals surface area contributed by atoms with Gasteiger partial charge < -0.3 is 10.5 Å². The molecule has 1 unspecified atom stereocenters. The molecule has 0 aliphatic heterocycles. The van der Waals surface area contributed by atoms with Gasteiger partial charge in [-0.2, -0.15) is 11.8 Å². The number of ether oxygens (including phenoxy) is 1. The van der Waals surface area contributed by atoms with E-state index in [0.717, 1.165) is 22.8 Å². The molecule has 0 heterocycles. The van der Waals surface area contributed by atoms with E-state index in [0.29, 0.717) is 12.5 Å². The smallest absolute Gasteiger partial charge is 0.123 e. The minimum atomic E-state index is -0.219. The van der Waals surface area contributed by atoms with E-state index in [1.807, 2.05) is 0 Å². The summed E-state index contributed by atoms with van der Waals surface area (Å²) in [6.07, 6.45) is 0. The molecular weight excluding hydrogens is 225 g/mol. The molecule has 0 amide bonds. The maximum Gasteiger partial charge on any atom is 0.123 e. The predicted octanol–water partition coefficient (Wildman–Crippen LogP) is 2.66. The Morgan fingerprint density at radius 2 is 2.25 bits per heavy atom. The van der Waals surface area contributed by atoms with Crippen LogP contribution in [0.2, 0.25) is 0 Å². The molecule has 1 aromatic rings. The second-order valence-corrected chi connectivity index (χ2v) is 4.84. The van der Waals surface area contributed by atoms with Crippen LogP contribution >= 0.6 is 11.8 Å². The van der Waals surface area contributed by atoms with Gasteiger partial charge in [0.25, 0.3) is 0 Å². The van der Waals surface area contributed by atoms with Crippen LogP contribution in [0.1, 0.15) is 12.5 Å². The van der Waals surface area contributed by atoms with Gasteiger partial charge in [0, 0.05) is 11.3 Å². The van der Waals surface area contributed by atoms with Gasteiger partial charge in [-0.1, -0.05) is 6.92 Å². The fourth-order valence-electron chi connectivity index (χ4n) is 1.30. The van der Waals surface area contributed by atoms with Crippen molar-refractivity contribution in [2.75, 3.05) is 19.4 Å². The first kappa shape index (κ1) is 13.3. The van der Waals surface area contributed by atoms with E-state index in [1.165, 1.54) is 12.1 Å². The van der Waals surface area contributed by atoms with Gasteiger partial charge in [-0.15, -0.1) is 0 Å². The van der Waals surface area contributed by atoms with Crippen LogP contribution in [0.4, 0.5) is 4.39 Å². The zero-order chi connectivity index (χ0) is 12.0. The first-order valence-corrected chi connectivity index (χ1v) is 6.43. The molecule has 0 saturated heterocycles. The third-order valence-electron chi connectivity index (χ3n) is 2.30. The fraction of sp³-hybridized carbons (Fsp3) is 0.500. The minimum Gasteiger partial charge on any atom is -0.496 e. The lowest BCUT2D eigenvalue weighted by Gasteiger charge is -2.10. The maximum atomic E-state index is 13.1. The SMILES string of the molecule is COc1ccc(F)cc1CSCC(C)CN. The summed E-state index contributed by atoms with van der Waals surface area (Å²) in [5, 5.41) is 0. The van der Waals surface area contributed by atoms with Gasteiger partial charge in [-0.25, -0.2) is 4.39 Å². The summed E-state index contributed by atoms with van der Waals surface area (Å²) >= 11 is 1.75. The molecule has 90 valence electrons. The summed E-state index contributed by atoms with van der Waals surface area (Å²) in [6.45, 7) is 2.79. The number of methoxy groups -OCH3 is 1. The van der Waals surface area contributed by atoms with E-state index in [-0.39, 0.29) is 5.82 Å². The zero-order valence-corrected chi connectivity index (χ0v) is 10.5. The minimum absolute atomic E-state index is 0.219. The van der Waals surface area contributed by atoms with Gasteiger partial charge in [-0.05, 0) is 36.4 Å². The Balaban J connectivity index is 2.55. The van der Waals surface area contributed by atoms with Crippen LogP contribution in [-0.2, 0) is 5.75 Å². The molecular formula is C12H18FNOS. The van der Waals surface area contributed by atoms with E-state index in [1.54, 1.807) is 24.9 Å². The van der Waals surface area contributed by atoms with Crippen LogP contribution in [0.3, 0.4) is 0 Å². The highest BCUT2D eigenvalue weighted by molar-refractivity contribution is 7.98. The molecule has 0 aliphatic carbocycles. The van der Waals surface area contributed by atoms with Crippen LogP contribution in [0.5, 0.6) is 5.75 Å². The quantitative estimate of drug-likeness (QED) is 0.834. The zero-order valence-electron chi connectivity index (χ0n) is 9.70. The average Bonchev–Trinajstić information content (AvgIpc) is 2.29. The molecule has 0 spiro atoms. The van der Waals surface area contributed by atoms with Crippen LogP contribution < -0.4 is 10.5 Å². The van der Waals surface area contributed by atoms with Crippen molar-refractivity contribution in [2.45, 2.75) is 12.7 Å². The molecule has 2 nitrogen and oxygen atoms in total. The Morgan fingerprint density at radius 3 is 2.88 bits per heavy atom. The molecule has 1 rings (SSSR count). The van der Waals surface area contributed by atoms with Gasteiger partial charge in [0.15, 0.2) is 0 Å². The standard InChI is InChI=1S/C12H18FNOS/c1-9(6-14)7-16-8-10-5-11(13)3-4-12(10)15-2/h3-5,9H,6-8,14H2,1-2H3. The van der Waals surface area contributed by atoms with Gasteiger partial charge in [0.1, 0.15) is 11.6 Å². The summed E-state index contributed by atoms with van der Waals surface area (Å²) in [5.74, 6) is 2.75. The van der Waals surface area contributed by atoms with Crippen molar-refractivity contribution in [3.63, 3.8) is 0 Å². The third kappa shape index (κ3) is 4.02. The van der Waals surface area contributed by atoms with E-state index in [4.69, 9.17) is 10.5 Å². The van der Waals surface area contributed by atoms with Crippen molar-refractivity contribution in [1.82, 2.24) is 0 Å². The molecule has 1 atom stereocenters. The van der Waals surface area contributed by atoms with Crippen molar-refractivity contribution < 1.29 is 9.13 Å². The molecule has 0 bridgehead atoms. The monoisotopic (exact) mass is 243 g/mol. The first-order valence-electron chi connectivity index (χ1n) is 5.27. The number of hydrogen-bond acceptors (Lipinski definition) is 3. The molecule has 0 aliphatic rings. The van der Waals surface area contributed by atoms with Crippen molar-refractivity contribution in [1.29, 1.82) is 0 Å². The van der Waals surface area contributed by atoms with Gasteiger partial charge in [0.2, 0.25) is 0 Å². The maximum absolute atomic E-state index is 13.1. The normalized spacial score (nSPS) is 12.5. The Hall–Kier alpha value is -0.740. The number of rotatable bonds is 6. The van der Waals surface area contributed by atoms with Gasteiger partial charge >= 0.3 is 0 Å². The van der Waals surface area contributed by atoms with Crippen LogP contribution in [0, 0.1) is 11.7 Å². The molecule has 4 heteroatoms. The Kier molecular flexibility index (Phi) is 5.63. The topological polar surface area (TPSA) is 35.2 Å². The first-order chi connectivity index (χ1) is 7.67. The van der Waals surface area contributed by atoms with Crippen molar-refractivity contribution in [2.24, 2.45) is 11.7 Å². The molecule has 16 heavy (non-hydrogen) atoms. The highest BCUT2D eigenvalue weighted by Gasteiger charge is 2.06. The Morgan fingerprint density at radius 1 is 1.50 bits per heavy atom. The van der Waals surface area contributed by atoms with Crippen LogP contribution in [0.15, 0.2) is 18.2 Å². The molecule has 0 fully saturated rings. The third-order valence-corrected chi connectivity index (χ3v) is 3.62. The molecule has 0 radical (unpaired) electrons. The van der Waals surface area contributed by atoms with Crippen molar-refractivity contribution >= 4 is 11.8 Å². The summed E-state index contributed by atoms with van der Waals surface area (Å²) < 4.78 is 18.2. The summed E-state index contributed by atoms with van der Waals surface area (Å²) in [7, 11) is 1.60. The number of halogens is 1. The largest absolute Gasteiger partial charge is 0.496 e. The number of benzene rings is 1. The Labute approximate surface area is 100 Å². The van der Waals surface area contributed by atoms with Crippen LogP contribution in [-0.4, -0.2) is 19.4 Å². The summed E-state index contributed by atoms with van der Waals surface area (Å²) in [5.41, 5.74) is 6.43. The predicted molar refractivity (Wildman–Crippen MR) is 67.3 cm³/mol. The number of hydrogen-bond donors (Lipinski definition) is 1. The summed E-state index contributed by atoms with van der Waals surface area (Å²) in [6, 6.07) is 4.60. The highest BCUT2D eigenvalue weighted by Crippen LogP contribution is 2.24. The molecule has 0 aromatic heterocycles. The summed E-state index contributed by atoms with van der Waals surface area (Å²) in [4.78, 5) is 0. The lowest BCUT2D eigenvalue weighted by atomic mass is 10.2. The van der Waals surface area contributed by atoms with E-state index in [9.17, 15) is 4.39 Å². The number of thioether (sulfide) groups is 1. The average molecular weight is 243 g/mol. The molecule has 2 N–H and O–H groups in total. The highest BCUT2D eigenvalue weighted by atomic mass is 32.2. The van der Waals surface area contributed by atoms with Crippen molar-refractivity contribution in [3.8, 4) is 5.75 Å². The lowest BCUT2D eigenvalue weighted by Crippen LogP contribution is -2.12. The molecule has 1 aromatic carbocycles. The van der Waals surface area contributed by atoms with E-state index in [2.05, 4.69) is 6.92 Å². The van der Waals surface area contributed by atoms with Crippen LogP contribution in [0.25, 0.3) is 0 Å². The fourth-order valence-corrected chi connectivity index (χ4v) is 2.40. The second kappa shape index (κ2) is 6.76.